The van der Waals surface area contributed by atoms with Crippen LogP contribution in [0.25, 0.3) is 0 Å². The molecule has 0 aliphatic rings. The van der Waals surface area contributed by atoms with Crippen LogP contribution in [0.15, 0.2) is 72.8 Å². The van der Waals surface area contributed by atoms with Crippen molar-refractivity contribution in [1.82, 2.24) is 5.32 Å². The summed E-state index contributed by atoms with van der Waals surface area (Å²) in [6, 6.07) is 21.8. The van der Waals surface area contributed by atoms with Crippen molar-refractivity contribution in [3.63, 3.8) is 0 Å². The largest absolute Gasteiger partial charge is 0.352 e. The lowest BCUT2D eigenvalue weighted by atomic mass is 10.1. The fourth-order valence-electron chi connectivity index (χ4n) is 3.67. The minimum Gasteiger partial charge on any atom is -0.352 e. The summed E-state index contributed by atoms with van der Waals surface area (Å²) in [5, 5.41) is 5.56. The van der Waals surface area contributed by atoms with Gasteiger partial charge < -0.3 is 10.6 Å². The van der Waals surface area contributed by atoms with Gasteiger partial charge in [-0.25, -0.2) is 8.42 Å². The van der Waals surface area contributed by atoms with Crippen molar-refractivity contribution in [1.29, 1.82) is 0 Å². The summed E-state index contributed by atoms with van der Waals surface area (Å²) in [6.07, 6.45) is 1.74. The monoisotopic (exact) mass is 479 g/mol. The quantitative estimate of drug-likeness (QED) is 0.489. The van der Waals surface area contributed by atoms with Gasteiger partial charge in [0.2, 0.25) is 15.9 Å². The van der Waals surface area contributed by atoms with Gasteiger partial charge in [-0.15, -0.1) is 0 Å². The number of benzene rings is 3. The van der Waals surface area contributed by atoms with Crippen molar-refractivity contribution in [2.24, 2.45) is 0 Å². The van der Waals surface area contributed by atoms with Crippen LogP contribution in [0.5, 0.6) is 0 Å². The summed E-state index contributed by atoms with van der Waals surface area (Å²) >= 11 is 0. The van der Waals surface area contributed by atoms with Gasteiger partial charge in [-0.1, -0.05) is 48.5 Å². The Morgan fingerprint density at radius 3 is 2.15 bits per heavy atom. The number of aryl methyl sites for hydroxylation is 2. The number of nitrogens with zero attached hydrogens (tertiary/aromatic N) is 1. The molecule has 0 radical (unpaired) electrons. The normalized spacial score (nSPS) is 11.0. The molecule has 2 amide bonds. The smallest absolute Gasteiger partial charge is 0.253 e. The topological polar surface area (TPSA) is 95.6 Å². The number of amides is 2. The molecule has 8 heteroatoms. The highest BCUT2D eigenvalue weighted by Crippen LogP contribution is 2.22. The minimum absolute atomic E-state index is 0.307. The molecule has 0 saturated heterocycles. The van der Waals surface area contributed by atoms with Crippen molar-refractivity contribution in [3.8, 4) is 0 Å². The number of carbonyl (C=O) groups excluding carboxylic acids is 2. The van der Waals surface area contributed by atoms with Gasteiger partial charge in [0.05, 0.1) is 23.2 Å². The maximum Gasteiger partial charge on any atom is 0.253 e. The van der Waals surface area contributed by atoms with Crippen LogP contribution < -0.4 is 14.9 Å². The van der Waals surface area contributed by atoms with E-state index in [1.54, 1.807) is 36.4 Å². The molecule has 34 heavy (non-hydrogen) atoms. The number of sulfonamides is 1. The average Bonchev–Trinajstić information content (AvgIpc) is 2.77. The zero-order valence-corrected chi connectivity index (χ0v) is 20.4. The van der Waals surface area contributed by atoms with E-state index in [9.17, 15) is 18.0 Å². The SMILES string of the molecule is Cc1cc(C)cc(N(CC(=O)Nc2ccccc2C(=O)NCCc2ccccc2)S(C)(=O)=O)c1. The molecule has 0 aliphatic carbocycles. The molecule has 3 rings (SSSR count). The van der Waals surface area contributed by atoms with Crippen LogP contribution in [0.2, 0.25) is 0 Å². The van der Waals surface area contributed by atoms with E-state index >= 15 is 0 Å². The molecule has 0 aliphatic heterocycles. The fourth-order valence-corrected chi connectivity index (χ4v) is 4.51. The van der Waals surface area contributed by atoms with Crippen LogP contribution in [0.3, 0.4) is 0 Å². The zero-order valence-electron chi connectivity index (χ0n) is 19.5. The van der Waals surface area contributed by atoms with Crippen LogP contribution >= 0.6 is 0 Å². The first-order valence-electron chi connectivity index (χ1n) is 10.9. The molecule has 2 N–H and O–H groups in total. The highest BCUT2D eigenvalue weighted by molar-refractivity contribution is 7.92. The molecule has 0 atom stereocenters. The summed E-state index contributed by atoms with van der Waals surface area (Å²) in [5.74, 6) is -0.866. The number of hydrogen-bond acceptors (Lipinski definition) is 4. The first kappa shape index (κ1) is 25.0. The molecule has 3 aromatic carbocycles. The Hall–Kier alpha value is -3.65. The van der Waals surface area contributed by atoms with Gasteiger partial charge in [0.1, 0.15) is 6.54 Å². The van der Waals surface area contributed by atoms with Crippen molar-refractivity contribution in [2.45, 2.75) is 20.3 Å². The van der Waals surface area contributed by atoms with Crippen LogP contribution in [0.1, 0.15) is 27.0 Å². The van der Waals surface area contributed by atoms with E-state index in [0.29, 0.717) is 29.9 Å². The Labute approximate surface area is 200 Å². The molecule has 3 aromatic rings. The second-order valence-electron chi connectivity index (χ2n) is 8.20. The van der Waals surface area contributed by atoms with Crippen LogP contribution in [0.4, 0.5) is 11.4 Å². The van der Waals surface area contributed by atoms with E-state index in [2.05, 4.69) is 10.6 Å². The van der Waals surface area contributed by atoms with Crippen LogP contribution in [0, 0.1) is 13.8 Å². The third-order valence-electron chi connectivity index (χ3n) is 5.17. The van der Waals surface area contributed by atoms with Gasteiger partial charge >= 0.3 is 0 Å². The zero-order chi connectivity index (χ0) is 24.7. The molecule has 0 aromatic heterocycles. The van der Waals surface area contributed by atoms with Gasteiger partial charge in [-0.2, -0.15) is 0 Å². The first-order valence-corrected chi connectivity index (χ1v) is 12.8. The maximum atomic E-state index is 12.8. The predicted octanol–water partition coefficient (Wildman–Crippen LogP) is 3.68. The summed E-state index contributed by atoms with van der Waals surface area (Å²) in [6.45, 7) is 3.76. The summed E-state index contributed by atoms with van der Waals surface area (Å²) < 4.78 is 25.9. The van der Waals surface area contributed by atoms with E-state index in [-0.39, 0.29) is 5.91 Å². The Morgan fingerprint density at radius 1 is 0.882 bits per heavy atom. The number of rotatable bonds is 9. The van der Waals surface area contributed by atoms with E-state index in [4.69, 9.17) is 0 Å². The minimum atomic E-state index is -3.71. The standard InChI is InChI=1S/C26H29N3O4S/c1-19-15-20(2)17-22(16-19)29(34(3,32)33)18-25(30)28-24-12-8-7-11-23(24)26(31)27-14-13-21-9-5-4-6-10-21/h4-12,15-17H,13-14,18H2,1-3H3,(H,27,31)(H,28,30). The lowest BCUT2D eigenvalue weighted by Crippen LogP contribution is -2.38. The second-order valence-corrected chi connectivity index (χ2v) is 10.1. The van der Waals surface area contributed by atoms with E-state index < -0.39 is 22.5 Å². The van der Waals surface area contributed by atoms with Gasteiger partial charge in [0, 0.05) is 6.54 Å². The van der Waals surface area contributed by atoms with Gasteiger partial charge in [0.25, 0.3) is 5.91 Å². The summed E-state index contributed by atoms with van der Waals surface area (Å²) in [5.41, 5.74) is 3.93. The van der Waals surface area contributed by atoms with E-state index in [0.717, 1.165) is 27.3 Å². The van der Waals surface area contributed by atoms with Gasteiger partial charge in [0.15, 0.2) is 0 Å². The van der Waals surface area contributed by atoms with Crippen molar-refractivity contribution < 1.29 is 18.0 Å². The van der Waals surface area contributed by atoms with E-state index in [1.807, 2.05) is 50.2 Å². The predicted molar refractivity (Wildman–Crippen MR) is 136 cm³/mol. The summed E-state index contributed by atoms with van der Waals surface area (Å²) in [7, 11) is -3.71. The Balaban J connectivity index is 1.71. The third kappa shape index (κ3) is 6.92. The number of anilines is 2. The Kier molecular flexibility index (Phi) is 8.07. The number of carbonyl (C=O) groups is 2. The van der Waals surface area contributed by atoms with Crippen LogP contribution in [-0.2, 0) is 21.2 Å². The molecule has 0 bridgehead atoms. The molecule has 0 unspecified atom stereocenters. The molecule has 0 spiro atoms. The number of nitrogens with one attached hydrogen (secondary N) is 2. The summed E-state index contributed by atoms with van der Waals surface area (Å²) in [4.78, 5) is 25.6. The first-order chi connectivity index (χ1) is 16.1. The molecule has 0 saturated carbocycles. The third-order valence-corrected chi connectivity index (χ3v) is 6.31. The molecule has 0 heterocycles. The van der Waals surface area contributed by atoms with Gasteiger partial charge in [-0.05, 0) is 61.2 Å². The van der Waals surface area contributed by atoms with Crippen molar-refractivity contribution >= 4 is 33.2 Å². The highest BCUT2D eigenvalue weighted by Gasteiger charge is 2.22. The molecule has 7 nitrogen and oxygen atoms in total. The molecule has 0 fully saturated rings. The number of hydrogen-bond donors (Lipinski definition) is 2. The fraction of sp³-hybridized carbons (Fsp3) is 0.231. The molecular weight excluding hydrogens is 450 g/mol. The van der Waals surface area contributed by atoms with Crippen molar-refractivity contribution in [3.05, 3.63) is 95.1 Å². The maximum absolute atomic E-state index is 12.8. The average molecular weight is 480 g/mol. The van der Waals surface area contributed by atoms with Gasteiger partial charge in [-0.3, -0.25) is 13.9 Å². The van der Waals surface area contributed by atoms with Crippen molar-refractivity contribution in [2.75, 3.05) is 29.0 Å². The lowest BCUT2D eigenvalue weighted by molar-refractivity contribution is -0.114. The lowest BCUT2D eigenvalue weighted by Gasteiger charge is -2.23. The Morgan fingerprint density at radius 2 is 1.50 bits per heavy atom. The van der Waals surface area contributed by atoms with Crippen LogP contribution in [-0.4, -0.2) is 39.6 Å². The number of para-hydroxylation sites is 1. The second kappa shape index (κ2) is 11.0. The Bertz CT molecular complexity index is 1250. The molecular formula is C26H29N3O4S. The van der Waals surface area contributed by atoms with E-state index in [1.165, 1.54) is 0 Å². The molecule has 178 valence electrons. The highest BCUT2D eigenvalue weighted by atomic mass is 32.2.